The first-order valence-electron chi connectivity index (χ1n) is 5.46. The molecule has 1 aromatic carbocycles. The van der Waals surface area contributed by atoms with E-state index in [0.29, 0.717) is 5.92 Å². The van der Waals surface area contributed by atoms with Gasteiger partial charge in [-0.2, -0.15) is 5.10 Å². The van der Waals surface area contributed by atoms with Crippen LogP contribution in [-0.4, -0.2) is 21.3 Å². The van der Waals surface area contributed by atoms with Crippen LogP contribution in [0.5, 0.6) is 0 Å². The van der Waals surface area contributed by atoms with Crippen LogP contribution in [0.2, 0.25) is 0 Å². The van der Waals surface area contributed by atoms with Crippen molar-refractivity contribution in [1.82, 2.24) is 14.8 Å². The zero-order valence-corrected chi connectivity index (χ0v) is 9.44. The molecule has 1 atom stereocenters. The number of aromatic nitrogens is 3. The quantitative estimate of drug-likeness (QED) is 0.785. The maximum Gasteiger partial charge on any atom is 0.147 e. The zero-order valence-electron chi connectivity index (χ0n) is 9.44. The van der Waals surface area contributed by atoms with Gasteiger partial charge in [0.05, 0.1) is 5.92 Å². The van der Waals surface area contributed by atoms with Gasteiger partial charge in [-0.3, -0.25) is 4.68 Å². The van der Waals surface area contributed by atoms with Gasteiger partial charge < -0.3 is 5.32 Å². The molecule has 1 N–H and O–H groups in total. The standard InChI is InChI=1S/C12H14N4/c1-8-14-12(16(2)15-8)10-7-13-11-6-4-3-5-9(10)11/h3-6,10,13H,7H2,1-2H3. The molecule has 0 saturated carbocycles. The second kappa shape index (κ2) is 3.33. The molecular formula is C12H14N4. The number of hydrogen-bond acceptors (Lipinski definition) is 3. The summed E-state index contributed by atoms with van der Waals surface area (Å²) >= 11 is 0. The molecule has 1 aliphatic rings. The highest BCUT2D eigenvalue weighted by Gasteiger charge is 2.26. The first-order valence-corrected chi connectivity index (χ1v) is 5.46. The van der Waals surface area contributed by atoms with Crippen LogP contribution in [0.3, 0.4) is 0 Å². The fourth-order valence-corrected chi connectivity index (χ4v) is 2.35. The smallest absolute Gasteiger partial charge is 0.147 e. The van der Waals surface area contributed by atoms with Crippen LogP contribution in [0.25, 0.3) is 0 Å². The molecule has 4 nitrogen and oxygen atoms in total. The summed E-state index contributed by atoms with van der Waals surface area (Å²) in [6, 6.07) is 8.39. The van der Waals surface area contributed by atoms with Crippen molar-refractivity contribution >= 4 is 5.69 Å². The van der Waals surface area contributed by atoms with E-state index in [1.165, 1.54) is 11.3 Å². The summed E-state index contributed by atoms with van der Waals surface area (Å²) in [5.41, 5.74) is 2.53. The molecule has 2 aromatic rings. The third-order valence-corrected chi connectivity index (χ3v) is 3.05. The SMILES string of the molecule is Cc1nc(C2CNc3ccccc32)n(C)n1. The fraction of sp³-hybridized carbons (Fsp3) is 0.333. The van der Waals surface area contributed by atoms with Crippen molar-refractivity contribution < 1.29 is 0 Å². The lowest BCUT2D eigenvalue weighted by Crippen LogP contribution is -2.10. The third kappa shape index (κ3) is 1.30. The topological polar surface area (TPSA) is 42.7 Å². The van der Waals surface area contributed by atoms with Crippen molar-refractivity contribution in [2.45, 2.75) is 12.8 Å². The minimum atomic E-state index is 0.322. The first kappa shape index (κ1) is 9.39. The Morgan fingerprint density at radius 1 is 1.38 bits per heavy atom. The van der Waals surface area contributed by atoms with Crippen molar-refractivity contribution in [2.75, 3.05) is 11.9 Å². The largest absolute Gasteiger partial charge is 0.384 e. The van der Waals surface area contributed by atoms with Gasteiger partial charge in [0.1, 0.15) is 11.6 Å². The highest BCUT2D eigenvalue weighted by Crippen LogP contribution is 2.34. The molecule has 3 rings (SSSR count). The molecule has 1 aromatic heterocycles. The fourth-order valence-electron chi connectivity index (χ4n) is 2.35. The van der Waals surface area contributed by atoms with Gasteiger partial charge in [-0.1, -0.05) is 18.2 Å². The average molecular weight is 214 g/mol. The van der Waals surface area contributed by atoms with Crippen LogP contribution in [0, 0.1) is 6.92 Å². The molecule has 1 unspecified atom stereocenters. The van der Waals surface area contributed by atoms with E-state index in [2.05, 4.69) is 39.7 Å². The number of para-hydroxylation sites is 1. The molecule has 16 heavy (non-hydrogen) atoms. The molecule has 0 saturated heterocycles. The van der Waals surface area contributed by atoms with Gasteiger partial charge in [0.25, 0.3) is 0 Å². The summed E-state index contributed by atoms with van der Waals surface area (Å²) in [5, 5.41) is 7.71. The van der Waals surface area contributed by atoms with E-state index < -0.39 is 0 Å². The van der Waals surface area contributed by atoms with Crippen LogP contribution < -0.4 is 5.32 Å². The summed E-state index contributed by atoms with van der Waals surface area (Å²) in [4.78, 5) is 4.50. The van der Waals surface area contributed by atoms with Gasteiger partial charge in [0.2, 0.25) is 0 Å². The molecule has 0 aliphatic carbocycles. The van der Waals surface area contributed by atoms with Crippen molar-refractivity contribution in [2.24, 2.45) is 7.05 Å². The van der Waals surface area contributed by atoms with E-state index in [4.69, 9.17) is 0 Å². The van der Waals surface area contributed by atoms with Crippen LogP contribution in [0.15, 0.2) is 24.3 Å². The van der Waals surface area contributed by atoms with Crippen LogP contribution in [-0.2, 0) is 7.05 Å². The lowest BCUT2D eigenvalue weighted by Gasteiger charge is -2.08. The lowest BCUT2D eigenvalue weighted by atomic mass is 10.0. The van der Waals surface area contributed by atoms with E-state index in [9.17, 15) is 0 Å². The number of nitrogens with zero attached hydrogens (tertiary/aromatic N) is 3. The molecule has 0 spiro atoms. The molecule has 4 heteroatoms. The number of hydrogen-bond donors (Lipinski definition) is 1. The van der Waals surface area contributed by atoms with Gasteiger partial charge in [-0.05, 0) is 18.6 Å². The summed E-state index contributed by atoms with van der Waals surface area (Å²) in [5.74, 6) is 2.19. The first-order chi connectivity index (χ1) is 7.75. The summed E-state index contributed by atoms with van der Waals surface area (Å²) in [6.07, 6.45) is 0. The average Bonchev–Trinajstić information content (AvgIpc) is 2.81. The highest BCUT2D eigenvalue weighted by molar-refractivity contribution is 5.59. The Morgan fingerprint density at radius 2 is 2.19 bits per heavy atom. The van der Waals surface area contributed by atoms with Crippen LogP contribution >= 0.6 is 0 Å². The monoisotopic (exact) mass is 214 g/mol. The zero-order chi connectivity index (χ0) is 11.1. The van der Waals surface area contributed by atoms with Crippen molar-refractivity contribution in [3.05, 3.63) is 41.5 Å². The van der Waals surface area contributed by atoms with Crippen LogP contribution in [0.4, 0.5) is 5.69 Å². The second-order valence-corrected chi connectivity index (χ2v) is 4.16. The van der Waals surface area contributed by atoms with Gasteiger partial charge in [-0.15, -0.1) is 0 Å². The number of nitrogens with one attached hydrogen (secondary N) is 1. The Balaban J connectivity index is 2.08. The van der Waals surface area contributed by atoms with E-state index in [0.717, 1.165) is 18.2 Å². The van der Waals surface area contributed by atoms with Gasteiger partial charge in [0, 0.05) is 19.3 Å². The predicted molar refractivity (Wildman–Crippen MR) is 62.5 cm³/mol. The van der Waals surface area contributed by atoms with Crippen molar-refractivity contribution in [3.8, 4) is 0 Å². The Morgan fingerprint density at radius 3 is 2.94 bits per heavy atom. The van der Waals surface area contributed by atoms with Crippen molar-refractivity contribution in [3.63, 3.8) is 0 Å². The number of fused-ring (bicyclic) bond motifs is 1. The molecule has 2 heterocycles. The van der Waals surface area contributed by atoms with E-state index in [1.807, 2.05) is 18.7 Å². The minimum Gasteiger partial charge on any atom is -0.384 e. The number of anilines is 1. The van der Waals surface area contributed by atoms with E-state index in [1.54, 1.807) is 0 Å². The Hall–Kier alpha value is -1.84. The minimum absolute atomic E-state index is 0.322. The predicted octanol–water partition coefficient (Wildman–Crippen LogP) is 1.68. The maximum absolute atomic E-state index is 4.50. The van der Waals surface area contributed by atoms with E-state index >= 15 is 0 Å². The molecule has 1 aliphatic heterocycles. The molecule has 0 amide bonds. The summed E-state index contributed by atoms with van der Waals surface area (Å²) in [7, 11) is 1.95. The Kier molecular flexibility index (Phi) is 1.96. The number of rotatable bonds is 1. The summed E-state index contributed by atoms with van der Waals surface area (Å²) < 4.78 is 1.88. The molecule has 0 bridgehead atoms. The molecular weight excluding hydrogens is 200 g/mol. The molecule has 0 radical (unpaired) electrons. The van der Waals surface area contributed by atoms with Gasteiger partial charge in [0.15, 0.2) is 0 Å². The summed E-state index contributed by atoms with van der Waals surface area (Å²) in [6.45, 7) is 2.84. The number of aryl methyl sites for hydroxylation is 2. The maximum atomic E-state index is 4.50. The second-order valence-electron chi connectivity index (χ2n) is 4.16. The molecule has 0 fully saturated rings. The number of benzene rings is 1. The molecule has 82 valence electrons. The Bertz CT molecular complexity index is 530. The Labute approximate surface area is 94.3 Å². The normalized spacial score (nSPS) is 18.2. The van der Waals surface area contributed by atoms with Gasteiger partial charge >= 0.3 is 0 Å². The lowest BCUT2D eigenvalue weighted by molar-refractivity contribution is 0.669. The van der Waals surface area contributed by atoms with Gasteiger partial charge in [-0.25, -0.2) is 4.98 Å². The van der Waals surface area contributed by atoms with E-state index in [-0.39, 0.29) is 0 Å². The van der Waals surface area contributed by atoms with Crippen molar-refractivity contribution in [1.29, 1.82) is 0 Å². The van der Waals surface area contributed by atoms with Crippen LogP contribution in [0.1, 0.15) is 23.1 Å². The highest BCUT2D eigenvalue weighted by atomic mass is 15.3. The third-order valence-electron chi connectivity index (χ3n) is 3.05.